The van der Waals surface area contributed by atoms with Crippen LogP contribution in [0.2, 0.25) is 0 Å². The number of benzene rings is 1. The molecule has 0 saturated carbocycles. The summed E-state index contributed by atoms with van der Waals surface area (Å²) in [6.07, 6.45) is 0.583. The van der Waals surface area contributed by atoms with Crippen molar-refractivity contribution in [2.75, 3.05) is 0 Å². The number of aliphatic carboxylic acids is 1. The summed E-state index contributed by atoms with van der Waals surface area (Å²) >= 11 is 3.42. The number of carboxylic acids is 1. The van der Waals surface area contributed by atoms with E-state index < -0.39 is 12.0 Å². The number of hydrogen-bond acceptors (Lipinski definition) is 2. The fraction of sp³-hybridized carbons (Fsp3) is 0.364. The Balaban J connectivity index is 2.56. The highest BCUT2D eigenvalue weighted by Crippen LogP contribution is 2.15. The first-order chi connectivity index (χ1) is 7.15. The molecule has 82 valence electrons. The first-order valence-electron chi connectivity index (χ1n) is 4.84. The molecule has 1 unspecified atom stereocenters. The van der Waals surface area contributed by atoms with Gasteiger partial charge in [-0.15, -0.1) is 0 Å². The van der Waals surface area contributed by atoms with Crippen LogP contribution in [0, 0.1) is 0 Å². The monoisotopic (exact) mass is 271 g/mol. The van der Waals surface area contributed by atoms with Crippen molar-refractivity contribution in [3.63, 3.8) is 0 Å². The summed E-state index contributed by atoms with van der Waals surface area (Å²) in [5.74, 6) is -0.801. The summed E-state index contributed by atoms with van der Waals surface area (Å²) < 4.78 is 0.998. The molecular formula is C11H14BrNO2. The Morgan fingerprint density at radius 2 is 2.20 bits per heavy atom. The van der Waals surface area contributed by atoms with E-state index >= 15 is 0 Å². The fourth-order valence-corrected chi connectivity index (χ4v) is 1.71. The van der Waals surface area contributed by atoms with Crippen molar-refractivity contribution < 1.29 is 9.90 Å². The molecule has 1 rings (SSSR count). The molecule has 1 aromatic carbocycles. The molecule has 0 bridgehead atoms. The molecule has 0 aliphatic rings. The first kappa shape index (κ1) is 12.2. The third kappa shape index (κ3) is 3.64. The minimum absolute atomic E-state index is 0.475. The van der Waals surface area contributed by atoms with Gasteiger partial charge in [-0.25, -0.2) is 0 Å². The quantitative estimate of drug-likeness (QED) is 0.865. The van der Waals surface area contributed by atoms with Crippen molar-refractivity contribution in [3.8, 4) is 0 Å². The van der Waals surface area contributed by atoms with E-state index in [2.05, 4.69) is 21.2 Å². The molecule has 15 heavy (non-hydrogen) atoms. The first-order valence-corrected chi connectivity index (χ1v) is 5.64. The van der Waals surface area contributed by atoms with Gasteiger partial charge in [0.25, 0.3) is 0 Å². The van der Waals surface area contributed by atoms with Gasteiger partial charge in [0.05, 0.1) is 0 Å². The van der Waals surface area contributed by atoms with Gasteiger partial charge in [0.15, 0.2) is 0 Å². The number of nitrogens with one attached hydrogen (secondary N) is 1. The Hall–Kier alpha value is -0.870. The maximum Gasteiger partial charge on any atom is 0.320 e. The predicted molar refractivity (Wildman–Crippen MR) is 62.7 cm³/mol. The second kappa shape index (κ2) is 5.88. The van der Waals surface area contributed by atoms with E-state index in [9.17, 15) is 4.79 Å². The second-order valence-electron chi connectivity index (χ2n) is 3.27. The lowest BCUT2D eigenvalue weighted by Crippen LogP contribution is -2.35. The van der Waals surface area contributed by atoms with Crippen molar-refractivity contribution in [2.24, 2.45) is 0 Å². The highest BCUT2D eigenvalue weighted by Gasteiger charge is 2.13. The fourth-order valence-electron chi connectivity index (χ4n) is 1.28. The van der Waals surface area contributed by atoms with Crippen LogP contribution >= 0.6 is 15.9 Å². The SMILES string of the molecule is CCC(NCc1ccccc1Br)C(=O)O. The molecule has 0 aromatic heterocycles. The van der Waals surface area contributed by atoms with Crippen LogP contribution in [-0.4, -0.2) is 17.1 Å². The zero-order valence-corrected chi connectivity index (χ0v) is 10.1. The molecule has 1 atom stereocenters. The number of carboxylic acid groups (broad SMARTS) is 1. The van der Waals surface area contributed by atoms with Crippen LogP contribution in [0.4, 0.5) is 0 Å². The molecule has 0 spiro atoms. The van der Waals surface area contributed by atoms with Crippen molar-refractivity contribution >= 4 is 21.9 Å². The lowest BCUT2D eigenvalue weighted by Gasteiger charge is -2.12. The van der Waals surface area contributed by atoms with Gasteiger partial charge in [0, 0.05) is 11.0 Å². The van der Waals surface area contributed by atoms with Crippen LogP contribution in [-0.2, 0) is 11.3 Å². The highest BCUT2D eigenvalue weighted by molar-refractivity contribution is 9.10. The highest BCUT2D eigenvalue weighted by atomic mass is 79.9. The molecule has 4 heteroatoms. The van der Waals surface area contributed by atoms with E-state index in [1.54, 1.807) is 0 Å². The van der Waals surface area contributed by atoms with Gasteiger partial charge in [0.2, 0.25) is 0 Å². The van der Waals surface area contributed by atoms with Crippen molar-refractivity contribution in [1.82, 2.24) is 5.32 Å². The minimum atomic E-state index is -0.801. The molecule has 2 N–H and O–H groups in total. The molecule has 0 heterocycles. The lowest BCUT2D eigenvalue weighted by molar-refractivity contribution is -0.139. The van der Waals surface area contributed by atoms with E-state index in [1.165, 1.54) is 0 Å². The van der Waals surface area contributed by atoms with Crippen molar-refractivity contribution in [1.29, 1.82) is 0 Å². The van der Waals surface area contributed by atoms with Crippen LogP contribution in [0.3, 0.4) is 0 Å². The molecule has 0 aliphatic carbocycles. The van der Waals surface area contributed by atoms with Gasteiger partial charge < -0.3 is 10.4 Å². The van der Waals surface area contributed by atoms with Gasteiger partial charge in [-0.2, -0.15) is 0 Å². The molecule has 0 fully saturated rings. The molecular weight excluding hydrogens is 258 g/mol. The summed E-state index contributed by atoms with van der Waals surface area (Å²) in [5.41, 5.74) is 1.07. The summed E-state index contributed by atoms with van der Waals surface area (Å²) in [5, 5.41) is 11.8. The van der Waals surface area contributed by atoms with Gasteiger partial charge in [0.1, 0.15) is 6.04 Å². The van der Waals surface area contributed by atoms with Gasteiger partial charge in [-0.1, -0.05) is 41.1 Å². The molecule has 0 amide bonds. The number of halogens is 1. The van der Waals surface area contributed by atoms with Crippen LogP contribution in [0.5, 0.6) is 0 Å². The molecule has 0 radical (unpaired) electrons. The smallest absolute Gasteiger partial charge is 0.320 e. The number of rotatable bonds is 5. The van der Waals surface area contributed by atoms with Crippen LogP contribution in [0.15, 0.2) is 28.7 Å². The summed E-state index contributed by atoms with van der Waals surface area (Å²) in [7, 11) is 0. The largest absolute Gasteiger partial charge is 0.480 e. The van der Waals surface area contributed by atoms with E-state index in [1.807, 2.05) is 31.2 Å². The van der Waals surface area contributed by atoms with Gasteiger partial charge in [-0.3, -0.25) is 4.79 Å². The van der Waals surface area contributed by atoms with Crippen LogP contribution < -0.4 is 5.32 Å². The standard InChI is InChI=1S/C11H14BrNO2/c1-2-10(11(14)15)13-7-8-5-3-4-6-9(8)12/h3-6,10,13H,2,7H2,1H3,(H,14,15). The van der Waals surface area contributed by atoms with Gasteiger partial charge in [-0.05, 0) is 18.1 Å². The Morgan fingerprint density at radius 1 is 1.53 bits per heavy atom. The van der Waals surface area contributed by atoms with Crippen molar-refractivity contribution in [2.45, 2.75) is 25.9 Å². The Kier molecular flexibility index (Phi) is 4.78. The van der Waals surface area contributed by atoms with E-state index in [0.717, 1.165) is 10.0 Å². The third-order valence-electron chi connectivity index (χ3n) is 2.20. The van der Waals surface area contributed by atoms with Gasteiger partial charge >= 0.3 is 5.97 Å². The average molecular weight is 272 g/mol. The number of carbonyl (C=O) groups is 1. The Labute approximate surface area is 97.6 Å². The third-order valence-corrected chi connectivity index (χ3v) is 2.98. The average Bonchev–Trinajstić information content (AvgIpc) is 2.21. The second-order valence-corrected chi connectivity index (χ2v) is 4.13. The predicted octanol–water partition coefficient (Wildman–Crippen LogP) is 2.40. The van der Waals surface area contributed by atoms with E-state index in [4.69, 9.17) is 5.11 Å². The summed E-state index contributed by atoms with van der Waals surface area (Å²) in [4.78, 5) is 10.8. The lowest BCUT2D eigenvalue weighted by atomic mass is 10.2. The van der Waals surface area contributed by atoms with E-state index in [0.29, 0.717) is 13.0 Å². The molecule has 0 aliphatic heterocycles. The zero-order chi connectivity index (χ0) is 11.3. The maximum atomic E-state index is 10.8. The molecule has 0 saturated heterocycles. The van der Waals surface area contributed by atoms with Crippen LogP contribution in [0.25, 0.3) is 0 Å². The Morgan fingerprint density at radius 3 is 2.73 bits per heavy atom. The normalized spacial score (nSPS) is 12.4. The minimum Gasteiger partial charge on any atom is -0.480 e. The molecule has 3 nitrogen and oxygen atoms in total. The molecule has 1 aromatic rings. The zero-order valence-electron chi connectivity index (χ0n) is 8.53. The topological polar surface area (TPSA) is 49.3 Å². The number of hydrogen-bond donors (Lipinski definition) is 2. The summed E-state index contributed by atoms with van der Waals surface area (Å²) in [6, 6.07) is 7.30. The summed E-state index contributed by atoms with van der Waals surface area (Å²) in [6.45, 7) is 2.41. The van der Waals surface area contributed by atoms with E-state index in [-0.39, 0.29) is 0 Å². The maximum absolute atomic E-state index is 10.8. The Bertz CT molecular complexity index is 341. The van der Waals surface area contributed by atoms with Crippen LogP contribution in [0.1, 0.15) is 18.9 Å². The van der Waals surface area contributed by atoms with Crippen molar-refractivity contribution in [3.05, 3.63) is 34.3 Å².